The number of hydrogen-bond donors (Lipinski definition) is 1. The Morgan fingerprint density at radius 1 is 1.14 bits per heavy atom. The SMILES string of the molecule is Nc1noc(-c2cc3sccc3s2)c1-c1cccc(F)c1. The van der Waals surface area contributed by atoms with Gasteiger partial charge in [0, 0.05) is 9.40 Å². The van der Waals surface area contributed by atoms with Crippen LogP contribution in [0.5, 0.6) is 0 Å². The average Bonchev–Trinajstić information content (AvgIpc) is 3.11. The Morgan fingerprint density at radius 3 is 2.86 bits per heavy atom. The first kappa shape index (κ1) is 12.6. The number of halogens is 1. The lowest BCUT2D eigenvalue weighted by Gasteiger charge is -2.01. The fraction of sp³-hybridized carbons (Fsp3) is 0. The van der Waals surface area contributed by atoms with Crippen LogP contribution >= 0.6 is 22.7 Å². The van der Waals surface area contributed by atoms with Crippen LogP contribution in [0.1, 0.15) is 0 Å². The summed E-state index contributed by atoms with van der Waals surface area (Å²) in [5.74, 6) is 0.546. The molecule has 6 heteroatoms. The minimum Gasteiger partial charge on any atom is -0.380 e. The van der Waals surface area contributed by atoms with Gasteiger partial charge in [-0.25, -0.2) is 4.39 Å². The summed E-state index contributed by atoms with van der Waals surface area (Å²) in [5.41, 5.74) is 7.22. The highest BCUT2D eigenvalue weighted by Crippen LogP contribution is 2.42. The summed E-state index contributed by atoms with van der Waals surface area (Å²) in [7, 11) is 0. The minimum absolute atomic E-state index is 0.271. The molecule has 3 aromatic heterocycles. The average molecular weight is 316 g/mol. The number of nitrogens with two attached hydrogens (primary N) is 1. The van der Waals surface area contributed by atoms with Crippen LogP contribution in [0.15, 0.2) is 46.3 Å². The van der Waals surface area contributed by atoms with E-state index in [0.29, 0.717) is 16.9 Å². The first-order valence-electron chi connectivity index (χ1n) is 6.21. The number of benzene rings is 1. The highest BCUT2D eigenvalue weighted by atomic mass is 32.1. The lowest BCUT2D eigenvalue weighted by molar-refractivity contribution is 0.437. The molecule has 4 aromatic rings. The van der Waals surface area contributed by atoms with Gasteiger partial charge in [0.1, 0.15) is 5.82 Å². The molecule has 0 radical (unpaired) electrons. The van der Waals surface area contributed by atoms with E-state index in [4.69, 9.17) is 10.3 Å². The van der Waals surface area contributed by atoms with Crippen molar-refractivity contribution >= 4 is 37.9 Å². The molecular formula is C15H9FN2OS2. The maximum absolute atomic E-state index is 13.5. The number of nitrogen functional groups attached to an aromatic ring is 1. The van der Waals surface area contributed by atoms with Gasteiger partial charge < -0.3 is 10.3 Å². The van der Waals surface area contributed by atoms with Crippen molar-refractivity contribution < 1.29 is 8.91 Å². The van der Waals surface area contributed by atoms with Crippen molar-refractivity contribution in [1.29, 1.82) is 0 Å². The van der Waals surface area contributed by atoms with Crippen LogP contribution in [-0.4, -0.2) is 5.16 Å². The van der Waals surface area contributed by atoms with E-state index >= 15 is 0 Å². The Kier molecular flexibility index (Phi) is 2.80. The summed E-state index contributed by atoms with van der Waals surface area (Å²) in [6.45, 7) is 0. The van der Waals surface area contributed by atoms with Gasteiger partial charge in [-0.1, -0.05) is 17.3 Å². The van der Waals surface area contributed by atoms with Crippen LogP contribution in [0, 0.1) is 5.82 Å². The largest absolute Gasteiger partial charge is 0.380 e. The number of aromatic nitrogens is 1. The number of hydrogen-bond acceptors (Lipinski definition) is 5. The smallest absolute Gasteiger partial charge is 0.186 e. The molecule has 0 aliphatic carbocycles. The zero-order valence-electron chi connectivity index (χ0n) is 10.7. The summed E-state index contributed by atoms with van der Waals surface area (Å²) >= 11 is 3.28. The van der Waals surface area contributed by atoms with Crippen LogP contribution in [0.2, 0.25) is 0 Å². The van der Waals surface area contributed by atoms with Gasteiger partial charge in [0.15, 0.2) is 11.6 Å². The maximum atomic E-state index is 13.5. The highest BCUT2D eigenvalue weighted by Gasteiger charge is 2.20. The van der Waals surface area contributed by atoms with Crippen molar-refractivity contribution in [3.63, 3.8) is 0 Å². The summed E-state index contributed by atoms with van der Waals surface area (Å²) < 4.78 is 21.2. The second-order valence-corrected chi connectivity index (χ2v) is 6.57. The normalized spacial score (nSPS) is 11.3. The van der Waals surface area contributed by atoms with E-state index in [-0.39, 0.29) is 11.6 Å². The van der Waals surface area contributed by atoms with Gasteiger partial charge in [0.2, 0.25) is 0 Å². The van der Waals surface area contributed by atoms with E-state index in [1.54, 1.807) is 34.8 Å². The molecular weight excluding hydrogens is 307 g/mol. The van der Waals surface area contributed by atoms with Gasteiger partial charge in [-0.15, -0.1) is 22.7 Å². The molecule has 0 aliphatic rings. The molecule has 0 saturated carbocycles. The Labute approximate surface area is 127 Å². The molecule has 0 aliphatic heterocycles. The lowest BCUT2D eigenvalue weighted by Crippen LogP contribution is -1.89. The number of anilines is 1. The number of rotatable bonds is 2. The van der Waals surface area contributed by atoms with Crippen LogP contribution in [0.25, 0.3) is 31.2 Å². The van der Waals surface area contributed by atoms with Crippen LogP contribution in [-0.2, 0) is 0 Å². The second kappa shape index (κ2) is 4.68. The van der Waals surface area contributed by atoms with E-state index in [1.807, 2.05) is 11.4 Å². The quantitative estimate of drug-likeness (QED) is 0.566. The van der Waals surface area contributed by atoms with E-state index in [2.05, 4.69) is 11.2 Å². The van der Waals surface area contributed by atoms with Crippen LogP contribution < -0.4 is 5.73 Å². The second-order valence-electron chi connectivity index (χ2n) is 4.54. The zero-order chi connectivity index (χ0) is 14.4. The minimum atomic E-state index is -0.314. The van der Waals surface area contributed by atoms with Crippen molar-refractivity contribution in [3.8, 4) is 21.8 Å². The van der Waals surface area contributed by atoms with Crippen molar-refractivity contribution in [1.82, 2.24) is 5.16 Å². The first-order valence-corrected chi connectivity index (χ1v) is 7.90. The highest BCUT2D eigenvalue weighted by molar-refractivity contribution is 7.28. The molecule has 0 amide bonds. The third-order valence-corrected chi connectivity index (χ3v) is 5.29. The third-order valence-electron chi connectivity index (χ3n) is 3.19. The molecule has 0 bridgehead atoms. The Balaban J connectivity index is 1.92. The first-order chi connectivity index (χ1) is 10.2. The Hall–Kier alpha value is -2.18. The molecule has 3 heterocycles. The molecule has 0 spiro atoms. The number of nitrogens with zero attached hydrogens (tertiary/aromatic N) is 1. The predicted octanol–water partition coefficient (Wildman–Crippen LogP) is 5.01. The summed E-state index contributed by atoms with van der Waals surface area (Å²) in [6.07, 6.45) is 0. The molecule has 2 N–H and O–H groups in total. The molecule has 1 aromatic carbocycles. The Morgan fingerprint density at radius 2 is 2.05 bits per heavy atom. The van der Waals surface area contributed by atoms with Crippen molar-refractivity contribution in [2.24, 2.45) is 0 Å². The van der Waals surface area contributed by atoms with E-state index in [9.17, 15) is 4.39 Å². The molecule has 0 unspecified atom stereocenters. The lowest BCUT2D eigenvalue weighted by atomic mass is 10.1. The molecule has 104 valence electrons. The fourth-order valence-electron chi connectivity index (χ4n) is 2.27. The third kappa shape index (κ3) is 2.03. The van der Waals surface area contributed by atoms with E-state index in [0.717, 1.165) is 4.88 Å². The number of thiophene rings is 2. The fourth-order valence-corrected chi connectivity index (χ4v) is 4.36. The van der Waals surface area contributed by atoms with Crippen molar-refractivity contribution in [2.75, 3.05) is 5.73 Å². The molecule has 21 heavy (non-hydrogen) atoms. The van der Waals surface area contributed by atoms with Gasteiger partial charge in [-0.3, -0.25) is 0 Å². The molecule has 3 nitrogen and oxygen atoms in total. The number of fused-ring (bicyclic) bond motifs is 1. The standard InChI is InChI=1S/C15H9FN2OS2/c16-9-3-1-2-8(6-9)13-14(19-18-15(13)17)12-7-11-10(21-12)4-5-20-11/h1-7H,(H2,17,18). The molecule has 0 atom stereocenters. The zero-order valence-corrected chi connectivity index (χ0v) is 12.3. The monoisotopic (exact) mass is 316 g/mol. The van der Waals surface area contributed by atoms with E-state index in [1.165, 1.54) is 21.5 Å². The Bertz CT molecular complexity index is 910. The van der Waals surface area contributed by atoms with Gasteiger partial charge in [0.05, 0.1) is 10.4 Å². The van der Waals surface area contributed by atoms with Gasteiger partial charge in [0.25, 0.3) is 0 Å². The van der Waals surface area contributed by atoms with Gasteiger partial charge in [-0.2, -0.15) is 0 Å². The molecule has 0 saturated heterocycles. The summed E-state index contributed by atoms with van der Waals surface area (Å²) in [6, 6.07) is 10.4. The predicted molar refractivity (Wildman–Crippen MR) is 85.0 cm³/mol. The summed E-state index contributed by atoms with van der Waals surface area (Å²) in [5, 5.41) is 5.89. The van der Waals surface area contributed by atoms with Gasteiger partial charge in [-0.05, 0) is 35.2 Å². The van der Waals surface area contributed by atoms with Crippen molar-refractivity contribution in [2.45, 2.75) is 0 Å². The maximum Gasteiger partial charge on any atom is 0.186 e. The molecule has 0 fully saturated rings. The van der Waals surface area contributed by atoms with Crippen LogP contribution in [0.4, 0.5) is 10.2 Å². The van der Waals surface area contributed by atoms with Crippen molar-refractivity contribution in [3.05, 3.63) is 47.6 Å². The van der Waals surface area contributed by atoms with Crippen LogP contribution in [0.3, 0.4) is 0 Å². The summed E-state index contributed by atoms with van der Waals surface area (Å²) in [4.78, 5) is 0.945. The van der Waals surface area contributed by atoms with Gasteiger partial charge >= 0.3 is 0 Å². The van der Waals surface area contributed by atoms with E-state index < -0.39 is 0 Å². The topological polar surface area (TPSA) is 52.0 Å². The molecule has 4 rings (SSSR count).